The highest BCUT2D eigenvalue weighted by Crippen LogP contribution is 2.30. The number of carbonyl (C=O) groups excluding carboxylic acids is 1. The number of amides is 1. The minimum absolute atomic E-state index is 0.196. The SMILES string of the molecule is CC[C@@H](C(=O)NC[C@H]1COc2ccccc2O1)N(c1ccc(Cl)cc1)S(C)(=O)=O. The molecule has 1 amide bonds. The van der Waals surface area contributed by atoms with Crippen LogP contribution >= 0.6 is 11.6 Å². The van der Waals surface area contributed by atoms with Crippen molar-refractivity contribution in [2.45, 2.75) is 25.5 Å². The molecular weight excluding hydrogens is 416 g/mol. The van der Waals surface area contributed by atoms with E-state index in [0.717, 1.165) is 10.6 Å². The van der Waals surface area contributed by atoms with Gasteiger partial charge in [0.2, 0.25) is 15.9 Å². The maximum absolute atomic E-state index is 12.9. The first kappa shape index (κ1) is 21.3. The van der Waals surface area contributed by atoms with Crippen LogP contribution in [0.4, 0.5) is 5.69 Å². The van der Waals surface area contributed by atoms with Crippen molar-refractivity contribution >= 4 is 33.2 Å². The van der Waals surface area contributed by atoms with Gasteiger partial charge in [-0.1, -0.05) is 30.7 Å². The lowest BCUT2D eigenvalue weighted by atomic mass is 10.2. The number of anilines is 1. The molecule has 1 heterocycles. The molecule has 0 radical (unpaired) electrons. The van der Waals surface area contributed by atoms with Gasteiger partial charge in [-0.05, 0) is 42.8 Å². The van der Waals surface area contributed by atoms with Gasteiger partial charge < -0.3 is 14.8 Å². The third-order valence-corrected chi connectivity index (χ3v) is 5.91. The molecule has 0 fully saturated rings. The molecule has 1 N–H and O–H groups in total. The van der Waals surface area contributed by atoms with Crippen LogP contribution in [0.25, 0.3) is 0 Å². The van der Waals surface area contributed by atoms with Crippen molar-refractivity contribution in [3.8, 4) is 11.5 Å². The molecule has 0 spiro atoms. The number of hydrogen-bond donors (Lipinski definition) is 1. The van der Waals surface area contributed by atoms with Crippen molar-refractivity contribution in [1.82, 2.24) is 5.32 Å². The maximum Gasteiger partial charge on any atom is 0.244 e. The van der Waals surface area contributed by atoms with Crippen LogP contribution in [0, 0.1) is 0 Å². The Balaban J connectivity index is 1.71. The van der Waals surface area contributed by atoms with Crippen LogP contribution in [0.3, 0.4) is 0 Å². The molecule has 156 valence electrons. The van der Waals surface area contributed by atoms with E-state index in [9.17, 15) is 13.2 Å². The summed E-state index contributed by atoms with van der Waals surface area (Å²) in [6.45, 7) is 2.25. The molecule has 0 unspecified atom stereocenters. The summed E-state index contributed by atoms with van der Waals surface area (Å²) in [6, 6.07) is 12.7. The third-order valence-electron chi connectivity index (χ3n) is 4.48. The number of para-hydroxylation sites is 2. The number of nitrogens with zero attached hydrogens (tertiary/aromatic N) is 1. The van der Waals surface area contributed by atoms with Gasteiger partial charge in [0.1, 0.15) is 18.8 Å². The Hall–Kier alpha value is -2.45. The van der Waals surface area contributed by atoms with Gasteiger partial charge in [0.05, 0.1) is 18.5 Å². The van der Waals surface area contributed by atoms with Crippen molar-refractivity contribution in [3.05, 3.63) is 53.6 Å². The average molecular weight is 439 g/mol. The van der Waals surface area contributed by atoms with Crippen molar-refractivity contribution in [2.24, 2.45) is 0 Å². The van der Waals surface area contributed by atoms with Gasteiger partial charge in [-0.2, -0.15) is 0 Å². The highest BCUT2D eigenvalue weighted by Gasteiger charge is 2.32. The first-order valence-corrected chi connectivity index (χ1v) is 11.4. The Morgan fingerprint density at radius 2 is 1.86 bits per heavy atom. The second kappa shape index (κ2) is 8.92. The van der Waals surface area contributed by atoms with Crippen molar-refractivity contribution < 1.29 is 22.7 Å². The fraction of sp³-hybridized carbons (Fsp3) is 0.350. The van der Waals surface area contributed by atoms with E-state index >= 15 is 0 Å². The van der Waals surface area contributed by atoms with Gasteiger partial charge in [0.25, 0.3) is 0 Å². The van der Waals surface area contributed by atoms with E-state index in [1.165, 1.54) is 0 Å². The molecule has 0 saturated heterocycles. The second-order valence-corrected chi connectivity index (χ2v) is 9.00. The summed E-state index contributed by atoms with van der Waals surface area (Å²) in [6.07, 6.45) is 1.01. The Morgan fingerprint density at radius 3 is 2.48 bits per heavy atom. The molecule has 7 nitrogen and oxygen atoms in total. The number of benzene rings is 2. The van der Waals surface area contributed by atoms with E-state index in [1.54, 1.807) is 37.3 Å². The number of halogens is 1. The molecule has 0 bridgehead atoms. The van der Waals surface area contributed by atoms with Crippen LogP contribution < -0.4 is 19.1 Å². The molecule has 0 saturated carbocycles. The zero-order valence-electron chi connectivity index (χ0n) is 16.2. The summed E-state index contributed by atoms with van der Waals surface area (Å²) in [5.41, 5.74) is 0.380. The number of sulfonamides is 1. The standard InChI is InChI=1S/C20H23ClN2O5S/c1-3-17(23(29(2,25)26)15-10-8-14(21)9-11-15)20(24)22-12-16-13-27-18-6-4-5-7-19(18)28-16/h4-11,16-17H,3,12-13H2,1-2H3,(H,22,24)/t16-,17-/m0/s1. The van der Waals surface area contributed by atoms with E-state index in [-0.39, 0.29) is 12.6 Å². The molecule has 3 rings (SSSR count). The number of fused-ring (bicyclic) bond motifs is 1. The Bertz CT molecular complexity index is 965. The lowest BCUT2D eigenvalue weighted by Crippen LogP contribution is -2.51. The Labute approximate surface area is 175 Å². The molecule has 1 aliphatic heterocycles. The monoisotopic (exact) mass is 438 g/mol. The summed E-state index contributed by atoms with van der Waals surface area (Å²) in [7, 11) is -3.70. The van der Waals surface area contributed by atoms with E-state index in [4.69, 9.17) is 21.1 Å². The lowest BCUT2D eigenvalue weighted by Gasteiger charge is -2.31. The van der Waals surface area contributed by atoms with E-state index in [1.807, 2.05) is 18.2 Å². The number of hydrogen-bond acceptors (Lipinski definition) is 5. The highest BCUT2D eigenvalue weighted by molar-refractivity contribution is 7.92. The van der Waals surface area contributed by atoms with E-state index in [0.29, 0.717) is 35.2 Å². The summed E-state index contributed by atoms with van der Waals surface area (Å²) < 4.78 is 37.5. The van der Waals surface area contributed by atoms with Crippen LogP contribution in [-0.4, -0.2) is 45.9 Å². The van der Waals surface area contributed by atoms with Crippen LogP contribution in [-0.2, 0) is 14.8 Å². The highest BCUT2D eigenvalue weighted by atomic mass is 35.5. The molecular formula is C20H23ClN2O5S. The largest absolute Gasteiger partial charge is 0.486 e. The molecule has 2 aromatic carbocycles. The Morgan fingerprint density at radius 1 is 1.21 bits per heavy atom. The number of rotatable bonds is 7. The fourth-order valence-corrected chi connectivity index (χ4v) is 4.48. The maximum atomic E-state index is 12.9. The molecule has 2 aromatic rings. The zero-order chi connectivity index (χ0) is 21.0. The number of nitrogens with one attached hydrogen (secondary N) is 1. The second-order valence-electron chi connectivity index (χ2n) is 6.70. The minimum atomic E-state index is -3.70. The molecule has 9 heteroatoms. The quantitative estimate of drug-likeness (QED) is 0.718. The summed E-state index contributed by atoms with van der Waals surface area (Å²) in [4.78, 5) is 12.9. The summed E-state index contributed by atoms with van der Waals surface area (Å²) in [5.74, 6) is 0.867. The molecule has 29 heavy (non-hydrogen) atoms. The van der Waals surface area contributed by atoms with Gasteiger partial charge in [-0.3, -0.25) is 9.10 Å². The van der Waals surface area contributed by atoms with Gasteiger partial charge in [-0.25, -0.2) is 8.42 Å². The first-order valence-electron chi connectivity index (χ1n) is 9.20. The number of ether oxygens (including phenoxy) is 2. The smallest absolute Gasteiger partial charge is 0.244 e. The fourth-order valence-electron chi connectivity index (χ4n) is 3.14. The van der Waals surface area contributed by atoms with Crippen molar-refractivity contribution in [1.29, 1.82) is 0 Å². The predicted octanol–water partition coefficient (Wildman–Crippen LogP) is 2.84. The topological polar surface area (TPSA) is 84.9 Å². The normalized spacial score (nSPS) is 16.7. The lowest BCUT2D eigenvalue weighted by molar-refractivity contribution is -0.122. The first-order chi connectivity index (χ1) is 13.8. The average Bonchev–Trinajstić information content (AvgIpc) is 2.70. The van der Waals surface area contributed by atoms with Crippen LogP contribution in [0.2, 0.25) is 5.02 Å². The van der Waals surface area contributed by atoms with Crippen molar-refractivity contribution in [3.63, 3.8) is 0 Å². The van der Waals surface area contributed by atoms with Crippen LogP contribution in [0.15, 0.2) is 48.5 Å². The van der Waals surface area contributed by atoms with E-state index in [2.05, 4.69) is 5.32 Å². The van der Waals surface area contributed by atoms with Crippen LogP contribution in [0.5, 0.6) is 11.5 Å². The zero-order valence-corrected chi connectivity index (χ0v) is 17.7. The summed E-state index contributed by atoms with van der Waals surface area (Å²) >= 11 is 5.91. The number of carbonyl (C=O) groups is 1. The minimum Gasteiger partial charge on any atom is -0.486 e. The molecule has 1 aliphatic rings. The molecule has 0 aromatic heterocycles. The van der Waals surface area contributed by atoms with Gasteiger partial charge >= 0.3 is 0 Å². The van der Waals surface area contributed by atoms with Gasteiger partial charge in [0, 0.05) is 5.02 Å². The van der Waals surface area contributed by atoms with Crippen molar-refractivity contribution in [2.75, 3.05) is 23.7 Å². The van der Waals surface area contributed by atoms with E-state index < -0.39 is 22.0 Å². The predicted molar refractivity (Wildman–Crippen MR) is 112 cm³/mol. The summed E-state index contributed by atoms with van der Waals surface area (Å²) in [5, 5.41) is 3.27. The van der Waals surface area contributed by atoms with Gasteiger partial charge in [0.15, 0.2) is 11.5 Å². The molecule has 0 aliphatic carbocycles. The van der Waals surface area contributed by atoms with Crippen LogP contribution in [0.1, 0.15) is 13.3 Å². The third kappa shape index (κ3) is 5.13. The Kier molecular flexibility index (Phi) is 6.54. The van der Waals surface area contributed by atoms with Gasteiger partial charge in [-0.15, -0.1) is 0 Å². The molecule has 2 atom stereocenters.